The summed E-state index contributed by atoms with van der Waals surface area (Å²) < 4.78 is 13.7. The molecule has 21 heavy (non-hydrogen) atoms. The van der Waals surface area contributed by atoms with Crippen LogP contribution in [0.1, 0.15) is 20.7 Å². The molecule has 7 heteroatoms. The van der Waals surface area contributed by atoms with Crippen LogP contribution in [0, 0.1) is 5.82 Å². The van der Waals surface area contributed by atoms with E-state index in [1.807, 2.05) is 0 Å². The minimum Gasteiger partial charge on any atom is -0.478 e. The number of rotatable bonds is 3. The van der Waals surface area contributed by atoms with Gasteiger partial charge < -0.3 is 10.4 Å². The van der Waals surface area contributed by atoms with Crippen molar-refractivity contribution in [2.75, 3.05) is 5.32 Å². The van der Waals surface area contributed by atoms with Gasteiger partial charge in [0.25, 0.3) is 5.91 Å². The van der Waals surface area contributed by atoms with E-state index in [0.29, 0.717) is 0 Å². The fourth-order valence-electron chi connectivity index (χ4n) is 1.72. The van der Waals surface area contributed by atoms with Gasteiger partial charge in [-0.25, -0.2) is 9.18 Å². The molecule has 4 nitrogen and oxygen atoms in total. The van der Waals surface area contributed by atoms with Crippen molar-refractivity contribution in [2.45, 2.75) is 0 Å². The van der Waals surface area contributed by atoms with Crippen LogP contribution in [0.15, 0.2) is 36.4 Å². The molecule has 0 aromatic heterocycles. The van der Waals surface area contributed by atoms with Gasteiger partial charge in [-0.15, -0.1) is 0 Å². The van der Waals surface area contributed by atoms with Gasteiger partial charge in [-0.2, -0.15) is 0 Å². The lowest BCUT2D eigenvalue weighted by molar-refractivity contribution is 0.0698. The molecule has 0 saturated heterocycles. The van der Waals surface area contributed by atoms with E-state index in [2.05, 4.69) is 5.32 Å². The smallest absolute Gasteiger partial charge is 0.337 e. The molecule has 0 aliphatic heterocycles. The fraction of sp³-hybridized carbons (Fsp3) is 0. The van der Waals surface area contributed by atoms with Crippen molar-refractivity contribution < 1.29 is 19.1 Å². The Morgan fingerprint density at radius 2 is 1.67 bits per heavy atom. The lowest BCUT2D eigenvalue weighted by Crippen LogP contribution is -2.17. The number of carboxylic acid groups (broad SMARTS) is 1. The van der Waals surface area contributed by atoms with Crippen LogP contribution in [0.5, 0.6) is 0 Å². The number of para-hydroxylation sites is 1. The minimum atomic E-state index is -1.27. The second-order valence-corrected chi connectivity index (χ2v) is 4.83. The van der Waals surface area contributed by atoms with Crippen LogP contribution in [0.2, 0.25) is 10.0 Å². The molecule has 0 bridgehead atoms. The summed E-state index contributed by atoms with van der Waals surface area (Å²) in [4.78, 5) is 23.2. The maximum Gasteiger partial charge on any atom is 0.337 e. The minimum absolute atomic E-state index is 0.0238. The van der Waals surface area contributed by atoms with Gasteiger partial charge in [0.2, 0.25) is 0 Å². The van der Waals surface area contributed by atoms with E-state index in [-0.39, 0.29) is 26.9 Å². The first-order valence-electron chi connectivity index (χ1n) is 5.69. The summed E-state index contributed by atoms with van der Waals surface area (Å²) >= 11 is 11.7. The lowest BCUT2D eigenvalue weighted by atomic mass is 10.1. The van der Waals surface area contributed by atoms with E-state index in [1.165, 1.54) is 30.3 Å². The Morgan fingerprint density at radius 1 is 1.05 bits per heavy atom. The highest BCUT2D eigenvalue weighted by Gasteiger charge is 2.20. The van der Waals surface area contributed by atoms with Crippen molar-refractivity contribution in [1.82, 2.24) is 0 Å². The quantitative estimate of drug-likeness (QED) is 0.892. The Labute approximate surface area is 129 Å². The van der Waals surface area contributed by atoms with Crippen LogP contribution in [-0.2, 0) is 0 Å². The van der Waals surface area contributed by atoms with Gasteiger partial charge in [0.1, 0.15) is 5.82 Å². The molecule has 0 fully saturated rings. The average molecular weight is 328 g/mol. The molecule has 0 radical (unpaired) electrons. The number of carboxylic acids is 1. The molecule has 2 aromatic rings. The number of carbonyl (C=O) groups is 2. The standard InChI is InChI=1S/C14H8Cl2FNO3/c15-8-4-2-6-10(17)11(8)13(19)18-12-7(14(20)21)3-1-5-9(12)16/h1-6H,(H,18,19)(H,20,21). The number of carbonyl (C=O) groups excluding carboxylic acids is 1. The Morgan fingerprint density at radius 3 is 2.29 bits per heavy atom. The van der Waals surface area contributed by atoms with Crippen LogP contribution >= 0.6 is 23.2 Å². The van der Waals surface area contributed by atoms with Gasteiger partial charge in [-0.1, -0.05) is 35.3 Å². The maximum atomic E-state index is 13.7. The molecular formula is C14H8Cl2FNO3. The number of amides is 1. The molecule has 2 N–H and O–H groups in total. The van der Waals surface area contributed by atoms with Crippen LogP contribution in [-0.4, -0.2) is 17.0 Å². The van der Waals surface area contributed by atoms with E-state index in [0.717, 1.165) is 6.07 Å². The van der Waals surface area contributed by atoms with Gasteiger partial charge in [0.15, 0.2) is 0 Å². The van der Waals surface area contributed by atoms with Crippen molar-refractivity contribution in [3.05, 3.63) is 63.4 Å². The summed E-state index contributed by atoms with van der Waals surface area (Å²) in [5, 5.41) is 11.3. The molecule has 108 valence electrons. The van der Waals surface area contributed by atoms with Crippen molar-refractivity contribution in [3.63, 3.8) is 0 Å². The molecule has 1 amide bonds. The number of anilines is 1. The molecule has 2 aromatic carbocycles. The van der Waals surface area contributed by atoms with E-state index in [9.17, 15) is 14.0 Å². The Hall–Kier alpha value is -2.11. The summed E-state index contributed by atoms with van der Waals surface area (Å²) in [6, 6.07) is 7.89. The number of halogens is 3. The molecule has 0 atom stereocenters. The molecule has 0 saturated carbocycles. The Kier molecular flexibility index (Phi) is 4.45. The van der Waals surface area contributed by atoms with Gasteiger partial charge in [0.05, 0.1) is 26.9 Å². The van der Waals surface area contributed by atoms with Crippen LogP contribution in [0.25, 0.3) is 0 Å². The first-order chi connectivity index (χ1) is 9.91. The van der Waals surface area contributed by atoms with Crippen molar-refractivity contribution in [2.24, 2.45) is 0 Å². The summed E-state index contributed by atoms with van der Waals surface area (Å²) in [5.41, 5.74) is -0.699. The summed E-state index contributed by atoms with van der Waals surface area (Å²) in [7, 11) is 0. The van der Waals surface area contributed by atoms with Gasteiger partial charge in [0, 0.05) is 0 Å². The Balaban J connectivity index is 2.44. The van der Waals surface area contributed by atoms with Crippen molar-refractivity contribution in [1.29, 1.82) is 0 Å². The van der Waals surface area contributed by atoms with Crippen LogP contribution in [0.3, 0.4) is 0 Å². The highest BCUT2D eigenvalue weighted by Crippen LogP contribution is 2.28. The zero-order valence-corrected chi connectivity index (χ0v) is 11.9. The highest BCUT2D eigenvalue weighted by molar-refractivity contribution is 6.36. The molecule has 0 spiro atoms. The second-order valence-electron chi connectivity index (χ2n) is 4.02. The molecule has 2 rings (SSSR count). The molecule has 0 aliphatic rings. The van der Waals surface area contributed by atoms with E-state index in [1.54, 1.807) is 0 Å². The van der Waals surface area contributed by atoms with Gasteiger partial charge in [-0.05, 0) is 24.3 Å². The van der Waals surface area contributed by atoms with E-state index >= 15 is 0 Å². The number of benzene rings is 2. The zero-order valence-electron chi connectivity index (χ0n) is 10.4. The van der Waals surface area contributed by atoms with Gasteiger partial charge in [-0.3, -0.25) is 4.79 Å². The second kappa shape index (κ2) is 6.11. The predicted octanol–water partition coefficient (Wildman–Crippen LogP) is 4.08. The Bertz CT molecular complexity index is 714. The number of aromatic carboxylic acids is 1. The van der Waals surface area contributed by atoms with Crippen molar-refractivity contribution >= 4 is 40.8 Å². The van der Waals surface area contributed by atoms with E-state index in [4.69, 9.17) is 28.3 Å². The molecule has 0 heterocycles. The zero-order chi connectivity index (χ0) is 15.6. The average Bonchev–Trinajstić information content (AvgIpc) is 2.40. The fourth-order valence-corrected chi connectivity index (χ4v) is 2.19. The predicted molar refractivity (Wildman–Crippen MR) is 77.8 cm³/mol. The van der Waals surface area contributed by atoms with Crippen molar-refractivity contribution in [3.8, 4) is 0 Å². The maximum absolute atomic E-state index is 13.7. The lowest BCUT2D eigenvalue weighted by Gasteiger charge is -2.11. The monoisotopic (exact) mass is 327 g/mol. The number of hydrogen-bond acceptors (Lipinski definition) is 2. The van der Waals surface area contributed by atoms with E-state index < -0.39 is 17.7 Å². The van der Waals surface area contributed by atoms with Crippen LogP contribution < -0.4 is 5.32 Å². The summed E-state index contributed by atoms with van der Waals surface area (Å²) in [5.74, 6) is -2.97. The third-order valence-corrected chi connectivity index (χ3v) is 3.30. The topological polar surface area (TPSA) is 66.4 Å². The summed E-state index contributed by atoms with van der Waals surface area (Å²) in [6.45, 7) is 0. The molecular weight excluding hydrogens is 320 g/mol. The SMILES string of the molecule is O=C(O)c1cccc(Cl)c1NC(=O)c1c(F)cccc1Cl. The molecule has 0 aliphatic carbocycles. The normalized spacial score (nSPS) is 10.2. The highest BCUT2D eigenvalue weighted by atomic mass is 35.5. The third-order valence-electron chi connectivity index (χ3n) is 2.67. The van der Waals surface area contributed by atoms with Crippen LogP contribution in [0.4, 0.5) is 10.1 Å². The first-order valence-corrected chi connectivity index (χ1v) is 6.44. The van der Waals surface area contributed by atoms with Gasteiger partial charge >= 0.3 is 5.97 Å². The number of nitrogens with one attached hydrogen (secondary N) is 1. The first kappa shape index (κ1) is 15.3. The summed E-state index contributed by atoms with van der Waals surface area (Å²) in [6.07, 6.45) is 0. The molecule has 0 unspecified atom stereocenters. The largest absolute Gasteiger partial charge is 0.478 e. The third kappa shape index (κ3) is 3.15. The number of hydrogen-bond donors (Lipinski definition) is 2.